The monoisotopic (exact) mass is 256 g/mol. The van der Waals surface area contributed by atoms with Crippen LogP contribution in [0.2, 0.25) is 0 Å². The Balaban J connectivity index is 1.76. The van der Waals surface area contributed by atoms with E-state index in [1.54, 1.807) is 0 Å². The van der Waals surface area contributed by atoms with Gasteiger partial charge in [0, 0.05) is 18.5 Å². The van der Waals surface area contributed by atoms with E-state index in [-0.39, 0.29) is 29.9 Å². The molecule has 0 spiro atoms. The minimum Gasteiger partial charge on any atom is -0.376 e. The number of nitrogens with one attached hydrogen (secondary N) is 1. The molecule has 0 aromatic carbocycles. The minimum atomic E-state index is -0.00438. The minimum absolute atomic E-state index is 0.00438. The van der Waals surface area contributed by atoms with Crippen LogP contribution < -0.4 is 11.1 Å². The molecule has 104 valence electrons. The van der Waals surface area contributed by atoms with Gasteiger partial charge in [-0.3, -0.25) is 4.79 Å². The third kappa shape index (κ3) is 3.43. The van der Waals surface area contributed by atoms with E-state index in [2.05, 4.69) is 12.2 Å². The van der Waals surface area contributed by atoms with Crippen molar-refractivity contribution in [3.8, 4) is 0 Å². The molecule has 5 nitrogen and oxygen atoms in total. The van der Waals surface area contributed by atoms with Crippen molar-refractivity contribution in [3.63, 3.8) is 0 Å². The van der Waals surface area contributed by atoms with Crippen LogP contribution in [0.4, 0.5) is 0 Å². The number of nitrogens with two attached hydrogens (primary N) is 1. The van der Waals surface area contributed by atoms with Crippen LogP contribution in [-0.2, 0) is 14.3 Å². The Kier molecular flexibility index (Phi) is 4.97. The molecule has 1 aliphatic heterocycles. The normalized spacial score (nSPS) is 37.2. The van der Waals surface area contributed by atoms with Gasteiger partial charge in [0.2, 0.25) is 5.91 Å². The molecular weight excluding hydrogens is 232 g/mol. The molecule has 0 aromatic heterocycles. The highest BCUT2D eigenvalue weighted by molar-refractivity contribution is 5.79. The highest BCUT2D eigenvalue weighted by Crippen LogP contribution is 2.28. The molecule has 5 heteroatoms. The molecule has 2 fully saturated rings. The first kappa shape index (κ1) is 13.8. The Morgan fingerprint density at radius 1 is 1.39 bits per heavy atom. The van der Waals surface area contributed by atoms with Crippen molar-refractivity contribution < 1.29 is 14.3 Å². The van der Waals surface area contributed by atoms with Crippen LogP contribution in [-0.4, -0.2) is 44.4 Å². The van der Waals surface area contributed by atoms with Gasteiger partial charge >= 0.3 is 0 Å². The summed E-state index contributed by atoms with van der Waals surface area (Å²) in [6.45, 7) is 4.45. The number of hydrogen-bond donors (Lipinski definition) is 2. The second-order valence-corrected chi connectivity index (χ2v) is 5.37. The topological polar surface area (TPSA) is 73.6 Å². The summed E-state index contributed by atoms with van der Waals surface area (Å²) < 4.78 is 10.8. The number of amides is 1. The molecule has 2 aliphatic rings. The van der Waals surface area contributed by atoms with Crippen LogP contribution >= 0.6 is 0 Å². The Hall–Kier alpha value is -0.650. The maximum absolute atomic E-state index is 12.1. The van der Waals surface area contributed by atoms with Crippen LogP contribution in [0.3, 0.4) is 0 Å². The van der Waals surface area contributed by atoms with Gasteiger partial charge in [0.25, 0.3) is 0 Å². The SMILES string of the molecule is CC1C(N)CCCC1C(=O)NCC1COCCO1. The zero-order chi connectivity index (χ0) is 13.0. The Labute approximate surface area is 108 Å². The van der Waals surface area contributed by atoms with Gasteiger partial charge in [-0.05, 0) is 18.8 Å². The average molecular weight is 256 g/mol. The van der Waals surface area contributed by atoms with Crippen molar-refractivity contribution >= 4 is 5.91 Å². The van der Waals surface area contributed by atoms with Gasteiger partial charge in [0.1, 0.15) is 0 Å². The van der Waals surface area contributed by atoms with Gasteiger partial charge in [-0.1, -0.05) is 13.3 Å². The summed E-state index contributed by atoms with van der Waals surface area (Å²) >= 11 is 0. The first-order chi connectivity index (χ1) is 8.68. The number of carbonyl (C=O) groups excluding carboxylic acids is 1. The van der Waals surface area contributed by atoms with Crippen LogP contribution in [0.1, 0.15) is 26.2 Å². The predicted octanol–water partition coefficient (Wildman–Crippen LogP) is 0.282. The number of carbonyl (C=O) groups is 1. The summed E-state index contributed by atoms with van der Waals surface area (Å²) in [5.41, 5.74) is 6.02. The van der Waals surface area contributed by atoms with Gasteiger partial charge in [0.15, 0.2) is 0 Å². The second kappa shape index (κ2) is 6.50. The first-order valence-electron chi connectivity index (χ1n) is 6.91. The van der Waals surface area contributed by atoms with E-state index in [1.165, 1.54) is 0 Å². The van der Waals surface area contributed by atoms with Gasteiger partial charge in [-0.25, -0.2) is 0 Å². The van der Waals surface area contributed by atoms with E-state index >= 15 is 0 Å². The summed E-state index contributed by atoms with van der Waals surface area (Å²) in [6.07, 6.45) is 3.02. The average Bonchev–Trinajstić information content (AvgIpc) is 2.40. The van der Waals surface area contributed by atoms with Crippen molar-refractivity contribution in [1.82, 2.24) is 5.32 Å². The zero-order valence-corrected chi connectivity index (χ0v) is 11.1. The maximum atomic E-state index is 12.1. The highest BCUT2D eigenvalue weighted by atomic mass is 16.6. The largest absolute Gasteiger partial charge is 0.376 e. The fourth-order valence-corrected chi connectivity index (χ4v) is 2.77. The van der Waals surface area contributed by atoms with E-state index in [4.69, 9.17) is 15.2 Å². The summed E-state index contributed by atoms with van der Waals surface area (Å²) in [4.78, 5) is 12.1. The van der Waals surface area contributed by atoms with Gasteiger partial charge in [-0.2, -0.15) is 0 Å². The molecule has 0 aromatic rings. The molecule has 1 saturated heterocycles. The number of hydrogen-bond acceptors (Lipinski definition) is 4. The molecule has 4 unspecified atom stereocenters. The van der Waals surface area contributed by atoms with E-state index in [0.717, 1.165) is 19.3 Å². The quantitative estimate of drug-likeness (QED) is 0.761. The first-order valence-corrected chi connectivity index (χ1v) is 6.91. The molecular formula is C13H24N2O3. The maximum Gasteiger partial charge on any atom is 0.223 e. The van der Waals surface area contributed by atoms with Gasteiger partial charge in [0.05, 0.1) is 25.9 Å². The molecule has 18 heavy (non-hydrogen) atoms. The van der Waals surface area contributed by atoms with Crippen molar-refractivity contribution in [2.45, 2.75) is 38.3 Å². The third-order valence-electron chi connectivity index (χ3n) is 4.09. The van der Waals surface area contributed by atoms with Crippen molar-refractivity contribution in [2.75, 3.05) is 26.4 Å². The lowest BCUT2D eigenvalue weighted by atomic mass is 9.77. The molecule has 3 N–H and O–H groups in total. The molecule has 0 radical (unpaired) electrons. The Bertz CT molecular complexity index is 279. The molecule has 1 heterocycles. The number of ether oxygens (including phenoxy) is 2. The highest BCUT2D eigenvalue weighted by Gasteiger charge is 2.32. The molecule has 1 amide bonds. The summed E-state index contributed by atoms with van der Waals surface area (Å²) in [5, 5.41) is 2.97. The Morgan fingerprint density at radius 3 is 2.94 bits per heavy atom. The molecule has 2 rings (SSSR count). The van der Waals surface area contributed by atoms with Crippen molar-refractivity contribution in [3.05, 3.63) is 0 Å². The predicted molar refractivity (Wildman–Crippen MR) is 68.0 cm³/mol. The molecule has 1 aliphatic carbocycles. The van der Waals surface area contributed by atoms with E-state index < -0.39 is 0 Å². The van der Waals surface area contributed by atoms with Gasteiger partial charge in [-0.15, -0.1) is 0 Å². The second-order valence-electron chi connectivity index (χ2n) is 5.37. The fourth-order valence-electron chi connectivity index (χ4n) is 2.77. The Morgan fingerprint density at radius 2 is 2.22 bits per heavy atom. The van der Waals surface area contributed by atoms with Gasteiger partial charge < -0.3 is 20.5 Å². The van der Waals surface area contributed by atoms with Crippen LogP contribution in [0, 0.1) is 11.8 Å². The molecule has 0 bridgehead atoms. The van der Waals surface area contributed by atoms with Crippen molar-refractivity contribution in [2.24, 2.45) is 17.6 Å². The lowest BCUT2D eigenvalue weighted by Gasteiger charge is -2.33. The van der Waals surface area contributed by atoms with Crippen LogP contribution in [0.5, 0.6) is 0 Å². The third-order valence-corrected chi connectivity index (χ3v) is 4.09. The summed E-state index contributed by atoms with van der Waals surface area (Å²) in [7, 11) is 0. The summed E-state index contributed by atoms with van der Waals surface area (Å²) in [5.74, 6) is 0.437. The van der Waals surface area contributed by atoms with Crippen LogP contribution in [0.15, 0.2) is 0 Å². The molecule has 1 saturated carbocycles. The lowest BCUT2D eigenvalue weighted by molar-refractivity contribution is -0.130. The lowest BCUT2D eigenvalue weighted by Crippen LogP contribution is -2.47. The summed E-state index contributed by atoms with van der Waals surface area (Å²) in [6, 6.07) is 0.156. The van der Waals surface area contributed by atoms with Crippen molar-refractivity contribution in [1.29, 1.82) is 0 Å². The van der Waals surface area contributed by atoms with E-state index in [1.807, 2.05) is 0 Å². The van der Waals surface area contributed by atoms with Crippen LogP contribution in [0.25, 0.3) is 0 Å². The van der Waals surface area contributed by atoms with E-state index in [9.17, 15) is 4.79 Å². The molecule has 4 atom stereocenters. The standard InChI is InChI=1S/C13H24N2O3/c1-9-11(3-2-4-12(9)14)13(16)15-7-10-8-17-5-6-18-10/h9-12H,2-8,14H2,1H3,(H,15,16). The fraction of sp³-hybridized carbons (Fsp3) is 0.923. The smallest absolute Gasteiger partial charge is 0.223 e. The zero-order valence-electron chi connectivity index (χ0n) is 11.1. The van der Waals surface area contributed by atoms with E-state index in [0.29, 0.717) is 26.4 Å². The number of rotatable bonds is 3.